The number of anilines is 1. The molecule has 1 aromatic heterocycles. The standard InChI is InChI=1S/C13H21N3O/c1-4-14-10-11(3)13(17)16(5-2)12-6-8-15-9-7-12/h6-9,11,14H,4-5,10H2,1-3H3. The fraction of sp³-hybridized carbons (Fsp3) is 0.538. The van der Waals surface area contributed by atoms with E-state index in [-0.39, 0.29) is 11.8 Å². The lowest BCUT2D eigenvalue weighted by molar-refractivity contribution is -0.121. The van der Waals surface area contributed by atoms with Crippen LogP contribution in [0.25, 0.3) is 0 Å². The van der Waals surface area contributed by atoms with Crippen molar-refractivity contribution in [3.05, 3.63) is 24.5 Å². The van der Waals surface area contributed by atoms with Gasteiger partial charge in [0.2, 0.25) is 5.91 Å². The van der Waals surface area contributed by atoms with Gasteiger partial charge in [-0.25, -0.2) is 0 Å². The topological polar surface area (TPSA) is 45.2 Å². The highest BCUT2D eigenvalue weighted by atomic mass is 16.2. The van der Waals surface area contributed by atoms with Crippen molar-refractivity contribution in [3.63, 3.8) is 0 Å². The number of carbonyl (C=O) groups excluding carboxylic acids is 1. The van der Waals surface area contributed by atoms with Gasteiger partial charge >= 0.3 is 0 Å². The van der Waals surface area contributed by atoms with E-state index in [2.05, 4.69) is 10.3 Å². The van der Waals surface area contributed by atoms with E-state index in [0.717, 1.165) is 18.8 Å². The van der Waals surface area contributed by atoms with Gasteiger partial charge in [0.25, 0.3) is 0 Å². The molecule has 1 atom stereocenters. The molecule has 0 aliphatic carbocycles. The van der Waals surface area contributed by atoms with Crippen LogP contribution < -0.4 is 10.2 Å². The molecule has 0 fully saturated rings. The number of hydrogen-bond acceptors (Lipinski definition) is 3. The van der Waals surface area contributed by atoms with E-state index in [1.165, 1.54) is 0 Å². The first-order chi connectivity index (χ1) is 8.20. The maximum absolute atomic E-state index is 12.2. The monoisotopic (exact) mass is 235 g/mol. The summed E-state index contributed by atoms with van der Waals surface area (Å²) in [5.74, 6) is 0.141. The zero-order chi connectivity index (χ0) is 12.7. The Morgan fingerprint density at radius 3 is 2.59 bits per heavy atom. The predicted molar refractivity (Wildman–Crippen MR) is 70.0 cm³/mol. The van der Waals surface area contributed by atoms with Gasteiger partial charge in [0.15, 0.2) is 0 Å². The Labute approximate surface area is 103 Å². The first-order valence-corrected chi connectivity index (χ1v) is 6.12. The number of hydrogen-bond donors (Lipinski definition) is 1. The zero-order valence-electron chi connectivity index (χ0n) is 10.8. The summed E-state index contributed by atoms with van der Waals surface area (Å²) in [7, 11) is 0. The van der Waals surface area contributed by atoms with Gasteiger partial charge in [-0.3, -0.25) is 9.78 Å². The van der Waals surface area contributed by atoms with E-state index in [1.54, 1.807) is 17.3 Å². The third-order valence-corrected chi connectivity index (χ3v) is 2.68. The van der Waals surface area contributed by atoms with Gasteiger partial charge in [-0.1, -0.05) is 13.8 Å². The zero-order valence-corrected chi connectivity index (χ0v) is 10.8. The molecule has 1 heterocycles. The molecular formula is C13H21N3O. The molecular weight excluding hydrogens is 214 g/mol. The molecule has 0 aromatic carbocycles. The molecule has 1 amide bonds. The van der Waals surface area contributed by atoms with Crippen molar-refractivity contribution in [1.29, 1.82) is 0 Å². The third kappa shape index (κ3) is 3.82. The second kappa shape index (κ2) is 7.01. The van der Waals surface area contributed by atoms with Gasteiger partial charge in [0.1, 0.15) is 0 Å². The van der Waals surface area contributed by atoms with Crippen molar-refractivity contribution in [3.8, 4) is 0 Å². The molecule has 4 nitrogen and oxygen atoms in total. The van der Waals surface area contributed by atoms with Gasteiger partial charge in [0, 0.05) is 37.1 Å². The number of amides is 1. The van der Waals surface area contributed by atoms with Crippen molar-refractivity contribution >= 4 is 11.6 Å². The summed E-state index contributed by atoms with van der Waals surface area (Å²) < 4.78 is 0. The lowest BCUT2D eigenvalue weighted by atomic mass is 10.1. The number of pyridine rings is 1. The number of aromatic nitrogens is 1. The van der Waals surface area contributed by atoms with Crippen molar-refractivity contribution in [2.45, 2.75) is 20.8 Å². The minimum Gasteiger partial charge on any atom is -0.316 e. The quantitative estimate of drug-likeness (QED) is 0.816. The summed E-state index contributed by atoms with van der Waals surface area (Å²) >= 11 is 0. The Morgan fingerprint density at radius 2 is 2.06 bits per heavy atom. The maximum Gasteiger partial charge on any atom is 0.231 e. The lowest BCUT2D eigenvalue weighted by Crippen LogP contribution is -2.39. The van der Waals surface area contributed by atoms with E-state index < -0.39 is 0 Å². The average Bonchev–Trinajstić information content (AvgIpc) is 2.38. The second-order valence-electron chi connectivity index (χ2n) is 4.00. The van der Waals surface area contributed by atoms with Crippen LogP contribution in [0.15, 0.2) is 24.5 Å². The molecule has 4 heteroatoms. The van der Waals surface area contributed by atoms with Crippen LogP contribution in [0, 0.1) is 5.92 Å². The summed E-state index contributed by atoms with van der Waals surface area (Å²) in [6.07, 6.45) is 3.42. The minimum atomic E-state index is -0.0111. The smallest absolute Gasteiger partial charge is 0.231 e. The van der Waals surface area contributed by atoms with E-state index in [0.29, 0.717) is 6.54 Å². The van der Waals surface area contributed by atoms with Crippen LogP contribution in [-0.2, 0) is 4.79 Å². The molecule has 17 heavy (non-hydrogen) atoms. The van der Waals surface area contributed by atoms with Gasteiger partial charge in [-0.15, -0.1) is 0 Å². The normalized spacial score (nSPS) is 12.2. The molecule has 0 radical (unpaired) electrons. The van der Waals surface area contributed by atoms with Crippen LogP contribution in [-0.4, -0.2) is 30.5 Å². The molecule has 0 bridgehead atoms. The fourth-order valence-electron chi connectivity index (χ4n) is 1.70. The summed E-state index contributed by atoms with van der Waals surface area (Å²) in [6, 6.07) is 3.72. The Balaban J connectivity index is 2.71. The first kappa shape index (κ1) is 13.6. The SMILES string of the molecule is CCNCC(C)C(=O)N(CC)c1ccncc1. The van der Waals surface area contributed by atoms with Gasteiger partial charge in [0.05, 0.1) is 0 Å². The third-order valence-electron chi connectivity index (χ3n) is 2.68. The Bertz CT molecular complexity index is 340. The number of rotatable bonds is 6. The van der Waals surface area contributed by atoms with Crippen LogP contribution >= 0.6 is 0 Å². The maximum atomic E-state index is 12.2. The van der Waals surface area contributed by atoms with Crippen molar-refractivity contribution in [2.75, 3.05) is 24.5 Å². The van der Waals surface area contributed by atoms with Crippen LogP contribution in [0.5, 0.6) is 0 Å². The highest BCUT2D eigenvalue weighted by Gasteiger charge is 2.19. The highest BCUT2D eigenvalue weighted by molar-refractivity contribution is 5.94. The van der Waals surface area contributed by atoms with Crippen LogP contribution in [0.4, 0.5) is 5.69 Å². The van der Waals surface area contributed by atoms with Gasteiger partial charge < -0.3 is 10.2 Å². The van der Waals surface area contributed by atoms with E-state index >= 15 is 0 Å². The number of nitrogens with one attached hydrogen (secondary N) is 1. The number of nitrogens with zero attached hydrogens (tertiary/aromatic N) is 2. The average molecular weight is 235 g/mol. The molecule has 1 rings (SSSR count). The van der Waals surface area contributed by atoms with Crippen molar-refractivity contribution in [1.82, 2.24) is 10.3 Å². The lowest BCUT2D eigenvalue weighted by Gasteiger charge is -2.24. The predicted octanol–water partition coefficient (Wildman–Crippen LogP) is 1.68. The van der Waals surface area contributed by atoms with Gasteiger partial charge in [-0.2, -0.15) is 0 Å². The molecule has 0 aliphatic heterocycles. The van der Waals surface area contributed by atoms with Crippen molar-refractivity contribution < 1.29 is 4.79 Å². The molecule has 94 valence electrons. The summed E-state index contributed by atoms with van der Waals surface area (Å²) in [5.41, 5.74) is 0.913. The summed E-state index contributed by atoms with van der Waals surface area (Å²) in [5, 5.41) is 3.20. The summed E-state index contributed by atoms with van der Waals surface area (Å²) in [4.78, 5) is 18.0. The molecule has 1 N–H and O–H groups in total. The van der Waals surface area contributed by atoms with Crippen molar-refractivity contribution in [2.24, 2.45) is 5.92 Å². The first-order valence-electron chi connectivity index (χ1n) is 6.12. The largest absolute Gasteiger partial charge is 0.316 e. The van der Waals surface area contributed by atoms with E-state index in [9.17, 15) is 4.79 Å². The van der Waals surface area contributed by atoms with Crippen LogP contribution in [0.1, 0.15) is 20.8 Å². The van der Waals surface area contributed by atoms with Crippen LogP contribution in [0.3, 0.4) is 0 Å². The highest BCUT2D eigenvalue weighted by Crippen LogP contribution is 2.14. The Morgan fingerprint density at radius 1 is 1.41 bits per heavy atom. The summed E-state index contributed by atoms with van der Waals surface area (Å²) in [6.45, 7) is 8.26. The molecule has 0 saturated carbocycles. The Hall–Kier alpha value is -1.42. The minimum absolute atomic E-state index is 0.0111. The molecule has 0 spiro atoms. The Kier molecular flexibility index (Phi) is 5.63. The van der Waals surface area contributed by atoms with E-state index in [1.807, 2.05) is 32.9 Å². The molecule has 0 saturated heterocycles. The molecule has 1 aromatic rings. The second-order valence-corrected chi connectivity index (χ2v) is 4.00. The number of carbonyl (C=O) groups is 1. The van der Waals surface area contributed by atoms with E-state index in [4.69, 9.17) is 0 Å². The fourth-order valence-corrected chi connectivity index (χ4v) is 1.70. The van der Waals surface area contributed by atoms with Gasteiger partial charge in [-0.05, 0) is 25.6 Å². The molecule has 1 unspecified atom stereocenters. The molecule has 0 aliphatic rings. The van der Waals surface area contributed by atoms with Crippen LogP contribution in [0.2, 0.25) is 0 Å².